The van der Waals surface area contributed by atoms with E-state index in [1.54, 1.807) is 0 Å². The van der Waals surface area contributed by atoms with E-state index in [9.17, 15) is 19.5 Å². The van der Waals surface area contributed by atoms with E-state index in [1.165, 1.54) is 13.8 Å². The number of hydrogen-bond donors (Lipinski definition) is 7. The van der Waals surface area contributed by atoms with Gasteiger partial charge in [-0.3, -0.25) is 4.79 Å². The van der Waals surface area contributed by atoms with Crippen molar-refractivity contribution >= 4 is 17.9 Å². The Morgan fingerprint density at radius 1 is 1.36 bits per heavy atom. The van der Waals surface area contributed by atoms with Crippen LogP contribution in [0.3, 0.4) is 0 Å². The Balaban J connectivity index is 0.00000129. The number of rotatable bonds is 7. The molecular formula is C12H22N6O7. The Hall–Kier alpha value is -2.77. The summed E-state index contributed by atoms with van der Waals surface area (Å²) in [5.41, 5.74) is 9.94. The lowest BCUT2D eigenvalue weighted by Crippen LogP contribution is -2.51. The Morgan fingerprint density at radius 3 is 2.36 bits per heavy atom. The van der Waals surface area contributed by atoms with Gasteiger partial charge in [-0.1, -0.05) is 5.16 Å². The monoisotopic (exact) mass is 362 g/mol. The van der Waals surface area contributed by atoms with Crippen molar-refractivity contribution in [3.63, 3.8) is 0 Å². The summed E-state index contributed by atoms with van der Waals surface area (Å²) in [4.78, 5) is 35.3. The summed E-state index contributed by atoms with van der Waals surface area (Å²) in [6.07, 6.45) is -1.26. The number of aliphatic carboxylic acids is 1. The van der Waals surface area contributed by atoms with Crippen LogP contribution in [0.2, 0.25) is 0 Å². The Bertz CT molecular complexity index is 572. The number of carboxylic acids is 1. The first kappa shape index (κ1) is 22.2. The highest BCUT2D eigenvalue weighted by atomic mass is 16.5. The number of primary amides is 1. The van der Waals surface area contributed by atoms with Gasteiger partial charge in [0, 0.05) is 6.92 Å². The third-order valence-corrected chi connectivity index (χ3v) is 2.45. The van der Waals surface area contributed by atoms with Crippen LogP contribution in [-0.4, -0.2) is 62.1 Å². The van der Waals surface area contributed by atoms with Gasteiger partial charge in [0.05, 0.1) is 25.3 Å². The van der Waals surface area contributed by atoms with Crippen LogP contribution >= 0.6 is 0 Å². The molecule has 0 aliphatic rings. The van der Waals surface area contributed by atoms with Gasteiger partial charge < -0.3 is 41.9 Å². The maximum absolute atomic E-state index is 11.5. The number of carboxylic acid groups (broad SMARTS) is 1. The molecule has 3 atom stereocenters. The fourth-order valence-electron chi connectivity index (χ4n) is 1.31. The van der Waals surface area contributed by atoms with E-state index in [0.717, 1.165) is 0 Å². The molecule has 0 saturated carbocycles. The van der Waals surface area contributed by atoms with Crippen LogP contribution in [0.25, 0.3) is 0 Å². The number of hydrogen-bond acceptors (Lipinski definition) is 9. The number of aliphatic hydroxyl groups is 2. The Labute approximate surface area is 142 Å². The number of amides is 3. The third-order valence-electron chi connectivity index (χ3n) is 2.45. The number of nitrogens with zero attached hydrogens (tertiary/aromatic N) is 2. The molecule has 9 N–H and O–H groups in total. The van der Waals surface area contributed by atoms with Crippen molar-refractivity contribution in [3.8, 4) is 0 Å². The highest BCUT2D eigenvalue weighted by Crippen LogP contribution is 2.04. The summed E-state index contributed by atoms with van der Waals surface area (Å²) < 4.78 is 4.78. The molecule has 3 amide bonds. The van der Waals surface area contributed by atoms with Gasteiger partial charge in [0.1, 0.15) is 0 Å². The normalized spacial score (nSPS) is 13.6. The van der Waals surface area contributed by atoms with Gasteiger partial charge in [0.15, 0.2) is 11.9 Å². The zero-order chi connectivity index (χ0) is 19.6. The number of nitrogens with two attached hydrogens (primary N) is 2. The fraction of sp³-hybridized carbons (Fsp3) is 0.583. The van der Waals surface area contributed by atoms with Gasteiger partial charge >= 0.3 is 12.0 Å². The zero-order valence-corrected chi connectivity index (χ0v) is 13.7. The Kier molecular flexibility index (Phi) is 9.69. The van der Waals surface area contributed by atoms with E-state index < -0.39 is 30.2 Å². The first-order valence-corrected chi connectivity index (χ1v) is 6.98. The van der Waals surface area contributed by atoms with Crippen molar-refractivity contribution in [1.82, 2.24) is 20.8 Å². The molecule has 1 heterocycles. The molecule has 13 nitrogen and oxygen atoms in total. The molecule has 13 heteroatoms. The maximum atomic E-state index is 11.5. The van der Waals surface area contributed by atoms with Crippen LogP contribution in [0.15, 0.2) is 4.52 Å². The first-order chi connectivity index (χ1) is 11.6. The summed E-state index contributed by atoms with van der Waals surface area (Å²) in [6.45, 7) is 2.02. The van der Waals surface area contributed by atoms with E-state index in [4.69, 9.17) is 20.5 Å². The molecule has 25 heavy (non-hydrogen) atoms. The van der Waals surface area contributed by atoms with E-state index in [1.807, 2.05) is 0 Å². The summed E-state index contributed by atoms with van der Waals surface area (Å²) in [5.74, 6) is -1.58. The molecule has 0 aromatic carbocycles. The van der Waals surface area contributed by atoms with E-state index in [2.05, 4.69) is 26.5 Å². The standard InChI is InChI=1S/C10H17N5O6.C2H5NO/c1-4(17)7(9(18)19)14-10(20)12-2-6-13-8(15-21-6)5(11)3-16;1-2(3)4/h4-5,7,16-17H,2-3,11H2,1H3,(H,18,19)(H2,12,14,20);1H3,(H2,3,4)/t4?,5-,7?;/m0./s1. The zero-order valence-electron chi connectivity index (χ0n) is 13.7. The largest absolute Gasteiger partial charge is 0.480 e. The molecular weight excluding hydrogens is 340 g/mol. The van der Waals surface area contributed by atoms with Crippen molar-refractivity contribution in [2.75, 3.05) is 6.61 Å². The Morgan fingerprint density at radius 2 is 1.92 bits per heavy atom. The molecule has 0 saturated heterocycles. The second kappa shape index (κ2) is 10.9. The minimum atomic E-state index is -1.44. The predicted molar refractivity (Wildman–Crippen MR) is 81.7 cm³/mol. The van der Waals surface area contributed by atoms with Crippen LogP contribution < -0.4 is 22.1 Å². The van der Waals surface area contributed by atoms with Gasteiger partial charge in [-0.25, -0.2) is 9.59 Å². The van der Waals surface area contributed by atoms with Gasteiger partial charge in [-0.05, 0) is 6.92 Å². The lowest BCUT2D eigenvalue weighted by atomic mass is 10.2. The SMILES string of the molecule is CC(N)=O.CC(O)C(NC(=O)NCc1nc([C@@H](N)CO)no1)C(=O)O. The molecule has 1 aromatic heterocycles. The number of nitrogens with one attached hydrogen (secondary N) is 2. The quantitative estimate of drug-likeness (QED) is 0.263. The summed E-state index contributed by atoms with van der Waals surface area (Å²) >= 11 is 0. The van der Waals surface area contributed by atoms with E-state index in [0.29, 0.717) is 0 Å². The lowest BCUT2D eigenvalue weighted by molar-refractivity contribution is -0.141. The molecule has 1 rings (SSSR count). The average Bonchev–Trinajstić information content (AvgIpc) is 2.97. The number of carbonyl (C=O) groups excluding carboxylic acids is 2. The number of carbonyl (C=O) groups is 3. The lowest BCUT2D eigenvalue weighted by Gasteiger charge is -2.16. The average molecular weight is 362 g/mol. The molecule has 0 radical (unpaired) electrons. The fourth-order valence-corrected chi connectivity index (χ4v) is 1.31. The molecule has 0 spiro atoms. The minimum absolute atomic E-state index is 0.0352. The number of aromatic nitrogens is 2. The second-order valence-electron chi connectivity index (χ2n) is 4.83. The molecule has 0 aliphatic heterocycles. The van der Waals surface area contributed by atoms with Gasteiger partial charge in [-0.2, -0.15) is 4.98 Å². The molecule has 1 aromatic rings. The summed E-state index contributed by atoms with van der Waals surface area (Å²) in [7, 11) is 0. The molecule has 0 aliphatic carbocycles. The van der Waals surface area contributed by atoms with Crippen molar-refractivity contribution in [2.24, 2.45) is 11.5 Å². The number of urea groups is 1. The highest BCUT2D eigenvalue weighted by molar-refractivity contribution is 5.82. The number of aliphatic hydroxyl groups excluding tert-OH is 2. The van der Waals surface area contributed by atoms with E-state index >= 15 is 0 Å². The summed E-state index contributed by atoms with van der Waals surface area (Å²) in [6, 6.07) is -3.05. The molecule has 2 unspecified atom stereocenters. The predicted octanol–water partition coefficient (Wildman–Crippen LogP) is -2.81. The molecule has 142 valence electrons. The van der Waals surface area contributed by atoms with Crippen molar-refractivity contribution in [1.29, 1.82) is 0 Å². The van der Waals surface area contributed by atoms with Gasteiger partial charge in [0.25, 0.3) is 0 Å². The molecule has 0 bridgehead atoms. The third kappa shape index (κ3) is 9.19. The van der Waals surface area contributed by atoms with Crippen molar-refractivity contribution < 1.29 is 34.2 Å². The van der Waals surface area contributed by atoms with Gasteiger partial charge in [0.2, 0.25) is 11.8 Å². The maximum Gasteiger partial charge on any atom is 0.328 e. The van der Waals surface area contributed by atoms with Crippen molar-refractivity contribution in [2.45, 2.75) is 38.6 Å². The minimum Gasteiger partial charge on any atom is -0.480 e. The van der Waals surface area contributed by atoms with Crippen LogP contribution in [0.5, 0.6) is 0 Å². The van der Waals surface area contributed by atoms with Crippen LogP contribution in [-0.2, 0) is 16.1 Å². The second-order valence-corrected chi connectivity index (χ2v) is 4.83. The van der Waals surface area contributed by atoms with Crippen LogP contribution in [0, 0.1) is 0 Å². The topological polar surface area (TPSA) is 227 Å². The van der Waals surface area contributed by atoms with Gasteiger partial charge in [-0.15, -0.1) is 0 Å². The van der Waals surface area contributed by atoms with Crippen LogP contribution in [0.4, 0.5) is 4.79 Å². The van der Waals surface area contributed by atoms with E-state index in [-0.39, 0.29) is 30.8 Å². The summed E-state index contributed by atoms with van der Waals surface area (Å²) in [5, 5.41) is 34.7. The highest BCUT2D eigenvalue weighted by Gasteiger charge is 2.25. The van der Waals surface area contributed by atoms with Crippen LogP contribution in [0.1, 0.15) is 31.6 Å². The first-order valence-electron chi connectivity index (χ1n) is 6.98. The smallest absolute Gasteiger partial charge is 0.328 e. The molecule has 0 fully saturated rings. The van der Waals surface area contributed by atoms with Crippen molar-refractivity contribution in [3.05, 3.63) is 11.7 Å².